The maximum Gasteiger partial charge on any atom is 0.310 e. The highest BCUT2D eigenvalue weighted by Gasteiger charge is 2.15. The fourth-order valence-corrected chi connectivity index (χ4v) is 2.44. The Morgan fingerprint density at radius 3 is 2.70 bits per heavy atom. The third kappa shape index (κ3) is 3.15. The number of methoxy groups -OCH3 is 1. The molecule has 0 spiro atoms. The van der Waals surface area contributed by atoms with Gasteiger partial charge in [-0.25, -0.2) is 9.97 Å². The molecule has 0 bridgehead atoms. The average Bonchev–Trinajstić information content (AvgIpc) is 2.37. The van der Waals surface area contributed by atoms with Gasteiger partial charge >= 0.3 is 5.69 Å². The van der Waals surface area contributed by atoms with Crippen LogP contribution in [0.3, 0.4) is 0 Å². The predicted molar refractivity (Wildman–Crippen MR) is 75.0 cm³/mol. The first kappa shape index (κ1) is 14.1. The largest absolute Gasteiger partial charge is 0.490 e. The summed E-state index contributed by atoms with van der Waals surface area (Å²) in [6.07, 6.45) is 0. The van der Waals surface area contributed by atoms with Crippen LogP contribution in [0.15, 0.2) is 34.3 Å². The molecule has 0 radical (unpaired) electrons. The zero-order valence-electron chi connectivity index (χ0n) is 10.9. The van der Waals surface area contributed by atoms with Gasteiger partial charge in [0.25, 0.3) is 0 Å². The molecule has 0 amide bonds. The Morgan fingerprint density at radius 1 is 1.35 bits per heavy atom. The first-order valence-electron chi connectivity index (χ1n) is 5.61. The number of nitro groups is 1. The highest BCUT2D eigenvalue weighted by molar-refractivity contribution is 7.99. The van der Waals surface area contributed by atoms with Crippen LogP contribution < -0.4 is 10.5 Å². The molecule has 0 aliphatic heterocycles. The van der Waals surface area contributed by atoms with Crippen molar-refractivity contribution in [2.24, 2.45) is 0 Å². The van der Waals surface area contributed by atoms with Gasteiger partial charge in [-0.15, -0.1) is 0 Å². The summed E-state index contributed by atoms with van der Waals surface area (Å²) in [5.74, 6) is 0.578. The van der Waals surface area contributed by atoms with Gasteiger partial charge in [-0.05, 0) is 24.8 Å². The summed E-state index contributed by atoms with van der Waals surface area (Å²) in [6.45, 7) is 1.82. The van der Waals surface area contributed by atoms with E-state index >= 15 is 0 Å². The summed E-state index contributed by atoms with van der Waals surface area (Å²) in [7, 11) is 1.39. The minimum Gasteiger partial charge on any atom is -0.490 e. The summed E-state index contributed by atoms with van der Waals surface area (Å²) in [5.41, 5.74) is 6.33. The zero-order valence-corrected chi connectivity index (χ0v) is 11.7. The number of nitro benzene ring substituents is 1. The molecular weight excluding hydrogens is 280 g/mol. The molecule has 8 heteroatoms. The number of hydrogen-bond acceptors (Lipinski definition) is 7. The number of ether oxygens (including phenoxy) is 1. The Morgan fingerprint density at radius 2 is 2.10 bits per heavy atom. The summed E-state index contributed by atoms with van der Waals surface area (Å²) in [6, 6.07) is 6.25. The van der Waals surface area contributed by atoms with Crippen molar-refractivity contribution in [2.75, 3.05) is 12.8 Å². The third-order valence-corrected chi connectivity index (χ3v) is 3.27. The highest BCUT2D eigenvalue weighted by atomic mass is 32.2. The van der Waals surface area contributed by atoms with Crippen LogP contribution in [0, 0.1) is 17.0 Å². The maximum absolute atomic E-state index is 10.8. The van der Waals surface area contributed by atoms with Crippen molar-refractivity contribution >= 4 is 23.3 Å². The van der Waals surface area contributed by atoms with Crippen molar-refractivity contribution in [1.82, 2.24) is 9.97 Å². The van der Waals surface area contributed by atoms with Crippen LogP contribution in [0.5, 0.6) is 5.75 Å². The van der Waals surface area contributed by atoms with Gasteiger partial charge in [0.2, 0.25) is 0 Å². The number of aryl methyl sites for hydroxylation is 1. The van der Waals surface area contributed by atoms with Crippen molar-refractivity contribution in [3.05, 3.63) is 40.1 Å². The fourth-order valence-electron chi connectivity index (χ4n) is 1.59. The second-order valence-electron chi connectivity index (χ2n) is 3.91. The smallest absolute Gasteiger partial charge is 0.310 e. The Balaban J connectivity index is 2.32. The molecule has 2 aromatic rings. The number of nitrogens with two attached hydrogens (primary N) is 1. The second-order valence-corrected chi connectivity index (χ2v) is 4.95. The van der Waals surface area contributed by atoms with Crippen molar-refractivity contribution in [2.45, 2.75) is 17.0 Å². The van der Waals surface area contributed by atoms with Gasteiger partial charge in [-0.1, -0.05) is 0 Å². The van der Waals surface area contributed by atoms with Crippen LogP contribution in [0.2, 0.25) is 0 Å². The molecule has 0 aliphatic carbocycles. The molecule has 20 heavy (non-hydrogen) atoms. The minimum absolute atomic E-state index is 0.0819. The quantitative estimate of drug-likeness (QED) is 0.524. The number of nitrogen functional groups attached to an aromatic ring is 1. The van der Waals surface area contributed by atoms with Crippen LogP contribution in [-0.4, -0.2) is 22.0 Å². The van der Waals surface area contributed by atoms with Crippen LogP contribution in [0.4, 0.5) is 11.5 Å². The van der Waals surface area contributed by atoms with E-state index in [0.717, 1.165) is 10.6 Å². The topological polar surface area (TPSA) is 104 Å². The van der Waals surface area contributed by atoms with Gasteiger partial charge in [-0.3, -0.25) is 10.1 Å². The Bertz CT molecular complexity index is 643. The number of rotatable bonds is 4. The molecule has 0 saturated carbocycles. The first-order valence-corrected chi connectivity index (χ1v) is 6.42. The zero-order chi connectivity index (χ0) is 14.7. The average molecular weight is 292 g/mol. The van der Waals surface area contributed by atoms with Gasteiger partial charge in [0.15, 0.2) is 10.9 Å². The van der Waals surface area contributed by atoms with Crippen molar-refractivity contribution < 1.29 is 9.66 Å². The lowest BCUT2D eigenvalue weighted by atomic mass is 10.3. The number of aromatic nitrogens is 2. The third-order valence-electron chi connectivity index (χ3n) is 2.41. The van der Waals surface area contributed by atoms with E-state index in [4.69, 9.17) is 10.5 Å². The lowest BCUT2D eigenvalue weighted by molar-refractivity contribution is -0.385. The molecule has 0 saturated heterocycles. The van der Waals surface area contributed by atoms with Gasteiger partial charge in [0.05, 0.1) is 12.0 Å². The standard InChI is InChI=1S/C12H12N4O3S/c1-7-5-11(13)15-12(14-7)20-8-3-4-9(16(17)18)10(6-8)19-2/h3-6H,1-2H3,(H2,13,14,15). The molecule has 2 rings (SSSR count). The van der Waals surface area contributed by atoms with Gasteiger partial charge < -0.3 is 10.5 Å². The Kier molecular flexibility index (Phi) is 4.04. The van der Waals surface area contributed by atoms with E-state index in [1.807, 2.05) is 6.92 Å². The molecule has 1 aromatic carbocycles. The van der Waals surface area contributed by atoms with Crippen LogP contribution in [0.25, 0.3) is 0 Å². The molecule has 0 fully saturated rings. The van der Waals surface area contributed by atoms with E-state index < -0.39 is 4.92 Å². The fraction of sp³-hybridized carbons (Fsp3) is 0.167. The predicted octanol–water partition coefficient (Wildman–Crippen LogP) is 2.44. The SMILES string of the molecule is COc1cc(Sc2nc(C)cc(N)n2)ccc1[N+](=O)[O-]. The molecule has 0 aliphatic rings. The van der Waals surface area contributed by atoms with E-state index in [1.165, 1.54) is 24.9 Å². The van der Waals surface area contributed by atoms with Crippen LogP contribution in [0.1, 0.15) is 5.69 Å². The van der Waals surface area contributed by atoms with E-state index in [9.17, 15) is 10.1 Å². The van der Waals surface area contributed by atoms with E-state index in [0.29, 0.717) is 11.0 Å². The van der Waals surface area contributed by atoms with E-state index in [2.05, 4.69) is 9.97 Å². The molecule has 2 N–H and O–H groups in total. The summed E-state index contributed by atoms with van der Waals surface area (Å²) < 4.78 is 5.01. The van der Waals surface area contributed by atoms with E-state index in [1.54, 1.807) is 18.2 Å². The molecule has 0 atom stereocenters. The molecular formula is C12H12N4O3S. The highest BCUT2D eigenvalue weighted by Crippen LogP contribution is 2.34. The van der Waals surface area contributed by atoms with Crippen molar-refractivity contribution in [1.29, 1.82) is 0 Å². The van der Waals surface area contributed by atoms with Gasteiger partial charge in [0, 0.05) is 28.8 Å². The van der Waals surface area contributed by atoms with E-state index in [-0.39, 0.29) is 11.4 Å². The van der Waals surface area contributed by atoms with Crippen LogP contribution in [-0.2, 0) is 0 Å². The second kappa shape index (κ2) is 5.74. The van der Waals surface area contributed by atoms with Crippen molar-refractivity contribution in [3.63, 3.8) is 0 Å². The molecule has 7 nitrogen and oxygen atoms in total. The first-order chi connectivity index (χ1) is 9.49. The summed E-state index contributed by atoms with van der Waals surface area (Å²) in [5, 5.41) is 11.3. The Labute approximate surface area is 119 Å². The lowest BCUT2D eigenvalue weighted by Gasteiger charge is -2.05. The molecule has 104 valence electrons. The number of benzene rings is 1. The number of hydrogen-bond donors (Lipinski definition) is 1. The monoisotopic (exact) mass is 292 g/mol. The number of nitrogens with zero attached hydrogens (tertiary/aromatic N) is 3. The van der Waals surface area contributed by atoms with Gasteiger partial charge in [0.1, 0.15) is 5.82 Å². The molecule has 1 aromatic heterocycles. The number of anilines is 1. The molecule has 1 heterocycles. The lowest BCUT2D eigenvalue weighted by Crippen LogP contribution is -1.97. The molecule has 0 unspecified atom stereocenters. The summed E-state index contributed by atoms with van der Waals surface area (Å²) >= 11 is 1.26. The van der Waals surface area contributed by atoms with Gasteiger partial charge in [-0.2, -0.15) is 0 Å². The normalized spacial score (nSPS) is 10.3. The van der Waals surface area contributed by atoms with Crippen LogP contribution >= 0.6 is 11.8 Å². The Hall–Kier alpha value is -2.35. The maximum atomic E-state index is 10.8. The summed E-state index contributed by atoms with van der Waals surface area (Å²) in [4.78, 5) is 19.4. The van der Waals surface area contributed by atoms with Crippen molar-refractivity contribution in [3.8, 4) is 5.75 Å². The minimum atomic E-state index is -0.492.